The molecule has 1 fully saturated rings. The minimum atomic E-state index is -0.00583. The first-order valence-corrected chi connectivity index (χ1v) is 7.36. The largest absolute Gasteiger partial charge is 0.117 e. The quantitative estimate of drug-likeness (QED) is 0.578. The van der Waals surface area contributed by atoms with Crippen LogP contribution in [0, 0.1) is 11.8 Å². The Morgan fingerprint density at radius 2 is 1.76 bits per heavy atom. The zero-order valence-electron chi connectivity index (χ0n) is 9.93. The molecule has 0 aromatic heterocycles. The summed E-state index contributed by atoms with van der Waals surface area (Å²) in [6.45, 7) is 2.31. The van der Waals surface area contributed by atoms with E-state index >= 15 is 0 Å². The summed E-state index contributed by atoms with van der Waals surface area (Å²) in [5, 5.41) is 1.43. The number of hydrogen-bond acceptors (Lipinski definition) is 0. The summed E-state index contributed by atoms with van der Waals surface area (Å²) < 4.78 is 0. The normalized spacial score (nSPS) is 26.8. The molecular formula is C14H17Cl3. The maximum absolute atomic E-state index is 6.57. The standard InChI is InChI=1S/C14H17Cl3/c1-9-2-4-10(5-3-9)14(17)12-8-11(15)6-7-13(12)16/h6-10,14H,2-5H2,1H3. The van der Waals surface area contributed by atoms with Crippen molar-refractivity contribution in [1.29, 1.82) is 0 Å². The highest BCUT2D eigenvalue weighted by Crippen LogP contribution is 2.42. The summed E-state index contributed by atoms with van der Waals surface area (Å²) in [7, 11) is 0. The van der Waals surface area contributed by atoms with Gasteiger partial charge < -0.3 is 0 Å². The second kappa shape index (κ2) is 5.82. The van der Waals surface area contributed by atoms with Crippen molar-refractivity contribution in [2.75, 3.05) is 0 Å². The molecule has 1 saturated carbocycles. The van der Waals surface area contributed by atoms with Crippen LogP contribution in [-0.4, -0.2) is 0 Å². The molecule has 17 heavy (non-hydrogen) atoms. The van der Waals surface area contributed by atoms with Crippen LogP contribution in [0.5, 0.6) is 0 Å². The molecule has 0 heterocycles. The molecule has 3 heteroatoms. The molecule has 0 bridgehead atoms. The fraction of sp³-hybridized carbons (Fsp3) is 0.571. The van der Waals surface area contributed by atoms with Gasteiger partial charge in [0.2, 0.25) is 0 Å². The van der Waals surface area contributed by atoms with E-state index in [9.17, 15) is 0 Å². The van der Waals surface area contributed by atoms with E-state index in [1.165, 1.54) is 25.7 Å². The third kappa shape index (κ3) is 3.30. The lowest BCUT2D eigenvalue weighted by molar-refractivity contribution is 0.283. The maximum Gasteiger partial charge on any atom is 0.0628 e. The SMILES string of the molecule is CC1CCC(C(Cl)c2cc(Cl)ccc2Cl)CC1. The van der Waals surface area contributed by atoms with Gasteiger partial charge in [-0.3, -0.25) is 0 Å². The highest BCUT2D eigenvalue weighted by atomic mass is 35.5. The minimum absolute atomic E-state index is 0.00583. The van der Waals surface area contributed by atoms with Crippen LogP contribution in [0.4, 0.5) is 0 Å². The number of hydrogen-bond donors (Lipinski definition) is 0. The number of benzene rings is 1. The van der Waals surface area contributed by atoms with Crippen LogP contribution in [0.25, 0.3) is 0 Å². The van der Waals surface area contributed by atoms with E-state index in [0.717, 1.165) is 16.5 Å². The highest BCUT2D eigenvalue weighted by Gasteiger charge is 2.27. The lowest BCUT2D eigenvalue weighted by atomic mass is 9.80. The lowest BCUT2D eigenvalue weighted by Crippen LogP contribution is -2.16. The maximum atomic E-state index is 6.57. The Bertz CT molecular complexity index is 381. The average molecular weight is 292 g/mol. The van der Waals surface area contributed by atoms with Gasteiger partial charge in [-0.25, -0.2) is 0 Å². The van der Waals surface area contributed by atoms with Crippen molar-refractivity contribution in [2.24, 2.45) is 11.8 Å². The van der Waals surface area contributed by atoms with Gasteiger partial charge in [0.1, 0.15) is 0 Å². The van der Waals surface area contributed by atoms with Gasteiger partial charge in [-0.2, -0.15) is 0 Å². The summed E-state index contributed by atoms with van der Waals surface area (Å²) in [5.41, 5.74) is 0.986. The third-order valence-corrected chi connectivity index (χ3v) is 4.90. The smallest absolute Gasteiger partial charge is 0.0628 e. The molecule has 0 radical (unpaired) electrons. The molecule has 1 aliphatic carbocycles. The Morgan fingerprint density at radius 3 is 2.41 bits per heavy atom. The van der Waals surface area contributed by atoms with Gasteiger partial charge >= 0.3 is 0 Å². The second-order valence-electron chi connectivity index (χ2n) is 5.09. The molecule has 0 aliphatic heterocycles. The predicted molar refractivity (Wildman–Crippen MR) is 76.2 cm³/mol. The topological polar surface area (TPSA) is 0 Å². The molecule has 1 atom stereocenters. The van der Waals surface area contributed by atoms with Gasteiger partial charge in [0.25, 0.3) is 0 Å². The van der Waals surface area contributed by atoms with Crippen LogP contribution >= 0.6 is 34.8 Å². The van der Waals surface area contributed by atoms with E-state index in [1.807, 2.05) is 12.1 Å². The first-order valence-electron chi connectivity index (χ1n) is 6.17. The fourth-order valence-corrected chi connectivity index (χ4v) is 3.46. The third-order valence-electron chi connectivity index (χ3n) is 3.73. The molecule has 1 aromatic carbocycles. The first-order chi connectivity index (χ1) is 8.08. The van der Waals surface area contributed by atoms with Crippen molar-refractivity contribution < 1.29 is 0 Å². The zero-order valence-corrected chi connectivity index (χ0v) is 12.2. The van der Waals surface area contributed by atoms with Gasteiger partial charge in [0.15, 0.2) is 0 Å². The van der Waals surface area contributed by atoms with Gasteiger partial charge in [-0.15, -0.1) is 11.6 Å². The zero-order chi connectivity index (χ0) is 12.4. The van der Waals surface area contributed by atoms with E-state index in [4.69, 9.17) is 34.8 Å². The molecule has 1 aliphatic rings. The molecular weight excluding hydrogens is 275 g/mol. The van der Waals surface area contributed by atoms with Crippen molar-refractivity contribution in [3.05, 3.63) is 33.8 Å². The van der Waals surface area contributed by atoms with E-state index in [-0.39, 0.29) is 5.38 Å². The molecule has 1 unspecified atom stereocenters. The molecule has 0 nitrogen and oxygen atoms in total. The summed E-state index contributed by atoms with van der Waals surface area (Å²) in [4.78, 5) is 0. The van der Waals surface area contributed by atoms with Crippen LogP contribution in [0.3, 0.4) is 0 Å². The van der Waals surface area contributed by atoms with Crippen LogP contribution < -0.4 is 0 Å². The van der Waals surface area contributed by atoms with Gasteiger partial charge in [0, 0.05) is 10.0 Å². The molecule has 2 rings (SSSR count). The summed E-state index contributed by atoms with van der Waals surface area (Å²) >= 11 is 18.8. The molecule has 0 amide bonds. The van der Waals surface area contributed by atoms with Crippen LogP contribution in [-0.2, 0) is 0 Å². The molecule has 94 valence electrons. The number of rotatable bonds is 2. The second-order valence-corrected chi connectivity index (χ2v) is 6.40. The monoisotopic (exact) mass is 290 g/mol. The van der Waals surface area contributed by atoms with Gasteiger partial charge in [-0.1, -0.05) is 43.0 Å². The van der Waals surface area contributed by atoms with Crippen LogP contribution in [0.2, 0.25) is 10.0 Å². The summed E-state index contributed by atoms with van der Waals surface area (Å²) in [5.74, 6) is 1.37. The Kier molecular flexibility index (Phi) is 4.63. The fourth-order valence-electron chi connectivity index (χ4n) is 2.56. The van der Waals surface area contributed by atoms with Crippen LogP contribution in [0.15, 0.2) is 18.2 Å². The van der Waals surface area contributed by atoms with Gasteiger partial charge in [0.05, 0.1) is 5.38 Å². The lowest BCUT2D eigenvalue weighted by Gasteiger charge is -2.30. The molecule has 0 saturated heterocycles. The van der Waals surface area contributed by atoms with Crippen molar-refractivity contribution in [1.82, 2.24) is 0 Å². The van der Waals surface area contributed by atoms with Crippen molar-refractivity contribution in [2.45, 2.75) is 38.0 Å². The van der Waals surface area contributed by atoms with E-state index in [1.54, 1.807) is 6.07 Å². The number of alkyl halides is 1. The predicted octanol–water partition coefficient (Wildman–Crippen LogP) is 6.10. The van der Waals surface area contributed by atoms with Crippen LogP contribution in [0.1, 0.15) is 43.5 Å². The molecule has 0 spiro atoms. The Hall–Kier alpha value is 0.0900. The Morgan fingerprint density at radius 1 is 1.12 bits per heavy atom. The van der Waals surface area contributed by atoms with Crippen molar-refractivity contribution >= 4 is 34.8 Å². The Labute approximate surface area is 118 Å². The Balaban J connectivity index is 2.13. The van der Waals surface area contributed by atoms with E-state index in [2.05, 4.69) is 6.92 Å². The minimum Gasteiger partial charge on any atom is -0.117 e. The molecule has 1 aromatic rings. The molecule has 0 N–H and O–H groups in total. The van der Waals surface area contributed by atoms with Crippen molar-refractivity contribution in [3.8, 4) is 0 Å². The summed E-state index contributed by atoms with van der Waals surface area (Å²) in [6, 6.07) is 5.54. The average Bonchev–Trinajstić information content (AvgIpc) is 2.32. The van der Waals surface area contributed by atoms with Gasteiger partial charge in [-0.05, 0) is 48.4 Å². The van der Waals surface area contributed by atoms with Crippen molar-refractivity contribution in [3.63, 3.8) is 0 Å². The number of halogens is 3. The highest BCUT2D eigenvalue weighted by molar-refractivity contribution is 6.34. The van der Waals surface area contributed by atoms with E-state index in [0.29, 0.717) is 10.9 Å². The van der Waals surface area contributed by atoms with E-state index < -0.39 is 0 Å². The first kappa shape index (κ1) is 13.5. The summed E-state index contributed by atoms with van der Waals surface area (Å²) in [6.07, 6.45) is 4.93.